The molecule has 0 aromatic heterocycles. The molecule has 0 nitrogen and oxygen atoms in total. The van der Waals surface area contributed by atoms with Crippen molar-refractivity contribution >= 4 is 5.20 Å². The molecule has 2 rings (SSSR count). The summed E-state index contributed by atoms with van der Waals surface area (Å²) in [5.41, 5.74) is 6.49. The first-order valence-corrected chi connectivity index (χ1v) is 16.3. The average molecular weight is 449 g/mol. The van der Waals surface area contributed by atoms with E-state index in [-0.39, 0.29) is 24.8 Å². The minimum atomic E-state index is -1.19. The second-order valence-electron chi connectivity index (χ2n) is 7.22. The molecule has 0 N–H and O–H groups in total. The summed E-state index contributed by atoms with van der Waals surface area (Å²) in [5, 5.41) is 0.692. The van der Waals surface area contributed by atoms with Gasteiger partial charge in [-0.15, -0.1) is 0 Å². The minimum Gasteiger partial charge on any atom is -1.00 e. The number of rotatable bonds is 5. The predicted molar refractivity (Wildman–Crippen MR) is 93.4 cm³/mol. The van der Waals surface area contributed by atoms with Gasteiger partial charge in [0, 0.05) is 0 Å². The molecule has 1 unspecified atom stereocenters. The zero-order chi connectivity index (χ0) is 15.8. The fraction of sp³-hybridized carbons (Fsp3) is 0.579. The van der Waals surface area contributed by atoms with Crippen LogP contribution in [0.4, 0.5) is 0 Å². The van der Waals surface area contributed by atoms with Crippen molar-refractivity contribution in [1.82, 2.24) is 0 Å². The smallest absolute Gasteiger partial charge is 1.00 e. The van der Waals surface area contributed by atoms with Crippen LogP contribution < -0.4 is 24.8 Å². The van der Waals surface area contributed by atoms with Crippen LogP contribution >= 0.6 is 0 Å². The Morgan fingerprint density at radius 2 is 1.74 bits per heavy atom. The molecule has 0 saturated carbocycles. The number of hydrogen-bond acceptors (Lipinski definition) is 0. The summed E-state index contributed by atoms with van der Waals surface area (Å²) in [4.78, 5) is 0. The quantitative estimate of drug-likeness (QED) is 0.525. The molecular formula is C19H30Cl2SiZr. The van der Waals surface area contributed by atoms with Gasteiger partial charge in [0.25, 0.3) is 0 Å². The van der Waals surface area contributed by atoms with Gasteiger partial charge in [-0.1, -0.05) is 0 Å². The summed E-state index contributed by atoms with van der Waals surface area (Å²) in [6, 6.07) is 0. The zero-order valence-electron chi connectivity index (χ0n) is 15.6. The van der Waals surface area contributed by atoms with Gasteiger partial charge < -0.3 is 24.8 Å². The third kappa shape index (κ3) is 5.06. The summed E-state index contributed by atoms with van der Waals surface area (Å²) in [7, 11) is 0. The summed E-state index contributed by atoms with van der Waals surface area (Å²) >= 11 is -0.433. The molecule has 0 aromatic rings. The maximum atomic E-state index is 2.65. The van der Waals surface area contributed by atoms with Crippen LogP contribution in [0.25, 0.3) is 0 Å². The van der Waals surface area contributed by atoms with Gasteiger partial charge in [0.2, 0.25) is 0 Å². The second kappa shape index (κ2) is 9.37. The van der Waals surface area contributed by atoms with E-state index in [1.54, 1.807) is 22.3 Å². The molecule has 0 heterocycles. The summed E-state index contributed by atoms with van der Waals surface area (Å²) in [6.45, 7) is 17.1. The van der Waals surface area contributed by atoms with E-state index in [9.17, 15) is 0 Å². The van der Waals surface area contributed by atoms with Crippen LogP contribution in [0.5, 0.6) is 0 Å². The van der Waals surface area contributed by atoms with E-state index in [1.807, 2.05) is 8.48 Å². The molecule has 23 heavy (non-hydrogen) atoms. The van der Waals surface area contributed by atoms with Gasteiger partial charge in [0.05, 0.1) is 0 Å². The van der Waals surface area contributed by atoms with E-state index < -0.39 is 27.6 Å². The van der Waals surface area contributed by atoms with E-state index in [2.05, 4.69) is 59.9 Å². The van der Waals surface area contributed by atoms with Gasteiger partial charge in [-0.05, 0) is 0 Å². The molecule has 0 radical (unpaired) electrons. The van der Waals surface area contributed by atoms with E-state index in [0.29, 0.717) is 0 Å². The Morgan fingerprint density at radius 1 is 1.13 bits per heavy atom. The molecule has 0 aliphatic heterocycles. The van der Waals surface area contributed by atoms with Crippen LogP contribution in [0.3, 0.4) is 0 Å². The molecule has 1 atom stereocenters. The monoisotopic (exact) mass is 446 g/mol. The van der Waals surface area contributed by atoms with Gasteiger partial charge in [-0.25, -0.2) is 0 Å². The molecule has 4 heteroatoms. The predicted octanol–water partition coefficient (Wildman–Crippen LogP) is 0.138. The van der Waals surface area contributed by atoms with Gasteiger partial charge >= 0.3 is 143 Å². The minimum absolute atomic E-state index is 0. The first-order valence-electron chi connectivity index (χ1n) is 8.34. The molecular weight excluding hydrogens is 418 g/mol. The average Bonchev–Trinajstić information content (AvgIpc) is 2.90. The van der Waals surface area contributed by atoms with Crippen LogP contribution in [0.1, 0.15) is 53.9 Å². The van der Waals surface area contributed by atoms with Gasteiger partial charge in [-0.3, -0.25) is 0 Å². The normalized spacial score (nSPS) is 20.7. The molecule has 128 valence electrons. The second-order valence-corrected chi connectivity index (χ2v) is 23.9. The molecule has 0 amide bonds. The fourth-order valence-corrected chi connectivity index (χ4v) is 19.4. The van der Waals surface area contributed by atoms with Crippen LogP contribution in [0.15, 0.2) is 42.9 Å². The summed E-state index contributed by atoms with van der Waals surface area (Å²) in [5.74, 6) is 0.720. The van der Waals surface area contributed by atoms with Gasteiger partial charge in [0.15, 0.2) is 0 Å². The standard InChI is InChI=1S/C11H19Si.C8H11.2ClH.Zr/c1-7-8(2)10(4)11(9(7)3)12(5)6;1-2-5-8-6-3-4-7-8;;;/h9H,1-6H3;6-7H,2-3,5H2,1H3;2*1H;/q;;;;+2/p-2. The van der Waals surface area contributed by atoms with Crippen molar-refractivity contribution in [2.24, 2.45) is 5.92 Å². The van der Waals surface area contributed by atoms with Crippen molar-refractivity contribution < 1.29 is 47.2 Å². The van der Waals surface area contributed by atoms with E-state index in [0.717, 1.165) is 5.92 Å². The maximum absolute atomic E-state index is 2.65. The first kappa shape index (κ1) is 23.6. The molecule has 2 aliphatic rings. The Labute approximate surface area is 167 Å². The van der Waals surface area contributed by atoms with Crippen molar-refractivity contribution in [1.29, 1.82) is 0 Å². The molecule has 2 aliphatic carbocycles. The Balaban J connectivity index is 0.00000242. The topological polar surface area (TPSA) is 0 Å². The first-order chi connectivity index (χ1) is 9.77. The Kier molecular flexibility index (Phi) is 9.63. The van der Waals surface area contributed by atoms with E-state index in [4.69, 9.17) is 0 Å². The van der Waals surface area contributed by atoms with E-state index >= 15 is 0 Å². The summed E-state index contributed by atoms with van der Waals surface area (Å²) in [6.07, 6.45) is 8.92. The van der Waals surface area contributed by atoms with Crippen molar-refractivity contribution in [2.45, 2.75) is 67.0 Å². The Bertz CT molecular complexity index is 568. The van der Waals surface area contributed by atoms with Crippen LogP contribution in [-0.2, 0) is 22.4 Å². The molecule has 0 spiro atoms. The molecule has 0 bridgehead atoms. The van der Waals surface area contributed by atoms with Crippen molar-refractivity contribution in [3.63, 3.8) is 0 Å². The van der Waals surface area contributed by atoms with E-state index in [1.165, 1.54) is 19.3 Å². The number of halogens is 2. The van der Waals surface area contributed by atoms with Crippen molar-refractivity contribution in [3.05, 3.63) is 42.9 Å². The van der Waals surface area contributed by atoms with Gasteiger partial charge in [-0.2, -0.15) is 0 Å². The molecule has 0 aromatic carbocycles. The van der Waals surface area contributed by atoms with Gasteiger partial charge in [0.1, 0.15) is 0 Å². The fourth-order valence-electron chi connectivity index (χ4n) is 3.98. The van der Waals surface area contributed by atoms with Crippen LogP contribution in [0, 0.1) is 5.92 Å². The molecule has 0 saturated heterocycles. The maximum Gasteiger partial charge on any atom is -1.00 e. The third-order valence-corrected chi connectivity index (χ3v) is 18.2. The van der Waals surface area contributed by atoms with Crippen LogP contribution in [0.2, 0.25) is 13.1 Å². The number of hydrogen-bond donors (Lipinski definition) is 0. The summed E-state index contributed by atoms with van der Waals surface area (Å²) < 4.78 is 1.86. The van der Waals surface area contributed by atoms with Crippen molar-refractivity contribution in [2.75, 3.05) is 0 Å². The largest absolute Gasteiger partial charge is 1.00 e. The van der Waals surface area contributed by atoms with Crippen LogP contribution in [-0.4, -0.2) is 5.20 Å². The zero-order valence-corrected chi connectivity index (χ0v) is 20.6. The number of allylic oxidation sites excluding steroid dienone is 8. The third-order valence-electron chi connectivity index (χ3n) is 5.27. The molecule has 0 fully saturated rings. The van der Waals surface area contributed by atoms with Crippen molar-refractivity contribution in [3.8, 4) is 0 Å². The SMILES string of the molecule is CCCC1=CC[C]([Zr+2][Si](C)(C)C2=C(C)C(C)=C(C)C2C)=C1.[Cl-].[Cl-]. The Morgan fingerprint density at radius 3 is 2.22 bits per heavy atom. The Hall–Kier alpha value is 0.640.